The summed E-state index contributed by atoms with van der Waals surface area (Å²) >= 11 is 0. The average molecular weight is 255 g/mol. The van der Waals surface area contributed by atoms with Crippen molar-refractivity contribution in [3.63, 3.8) is 0 Å². The zero-order valence-electron chi connectivity index (χ0n) is 11.7. The third-order valence-electron chi connectivity index (χ3n) is 3.27. The van der Waals surface area contributed by atoms with Crippen LogP contribution in [0.15, 0.2) is 0 Å². The molecule has 3 N–H and O–H groups in total. The van der Waals surface area contributed by atoms with Gasteiger partial charge >= 0.3 is 0 Å². The first-order valence-electron chi connectivity index (χ1n) is 6.68. The molecule has 104 valence electrons. The van der Waals surface area contributed by atoms with Gasteiger partial charge < -0.3 is 16.0 Å². The van der Waals surface area contributed by atoms with E-state index in [1.54, 1.807) is 0 Å². The second-order valence-electron chi connectivity index (χ2n) is 5.79. The fraction of sp³-hybridized carbons (Fsp3) is 0.846. The highest BCUT2D eigenvalue weighted by atomic mass is 16.2. The largest absolute Gasteiger partial charge is 0.344 e. The number of nitrogens with zero attached hydrogens (tertiary/aromatic N) is 1. The van der Waals surface area contributed by atoms with Crippen LogP contribution >= 0.6 is 0 Å². The van der Waals surface area contributed by atoms with Crippen molar-refractivity contribution < 1.29 is 9.59 Å². The SMILES string of the molecule is CCCN(CC(C)(C)CN)C(=O)[C@H]1CCC(=O)N1. The van der Waals surface area contributed by atoms with Crippen LogP contribution in [0.4, 0.5) is 0 Å². The smallest absolute Gasteiger partial charge is 0.245 e. The Kier molecular flexibility index (Phi) is 5.14. The molecule has 5 heteroatoms. The van der Waals surface area contributed by atoms with E-state index in [1.807, 2.05) is 11.8 Å². The lowest BCUT2D eigenvalue weighted by Gasteiger charge is -2.33. The van der Waals surface area contributed by atoms with Crippen molar-refractivity contribution in [2.45, 2.75) is 46.1 Å². The van der Waals surface area contributed by atoms with E-state index in [0.717, 1.165) is 6.42 Å². The summed E-state index contributed by atoms with van der Waals surface area (Å²) in [5.41, 5.74) is 5.63. The number of nitrogens with two attached hydrogens (primary N) is 1. The maximum Gasteiger partial charge on any atom is 0.245 e. The van der Waals surface area contributed by atoms with Gasteiger partial charge in [0.1, 0.15) is 6.04 Å². The molecule has 5 nitrogen and oxygen atoms in total. The molecular weight excluding hydrogens is 230 g/mol. The van der Waals surface area contributed by atoms with Crippen molar-refractivity contribution >= 4 is 11.8 Å². The Bertz CT molecular complexity index is 315. The fourth-order valence-corrected chi connectivity index (χ4v) is 2.14. The van der Waals surface area contributed by atoms with Crippen LogP contribution in [0.5, 0.6) is 0 Å². The lowest BCUT2D eigenvalue weighted by Crippen LogP contribution is -2.49. The van der Waals surface area contributed by atoms with Gasteiger partial charge in [-0.05, 0) is 24.8 Å². The lowest BCUT2D eigenvalue weighted by atomic mass is 9.92. The van der Waals surface area contributed by atoms with E-state index in [4.69, 9.17) is 5.73 Å². The normalized spacial score (nSPS) is 19.8. The third-order valence-corrected chi connectivity index (χ3v) is 3.27. The van der Waals surface area contributed by atoms with Gasteiger partial charge in [0.25, 0.3) is 0 Å². The molecule has 18 heavy (non-hydrogen) atoms. The fourth-order valence-electron chi connectivity index (χ4n) is 2.14. The van der Waals surface area contributed by atoms with Gasteiger partial charge in [0.05, 0.1) is 0 Å². The van der Waals surface area contributed by atoms with E-state index >= 15 is 0 Å². The molecule has 0 spiro atoms. The number of hydrogen-bond donors (Lipinski definition) is 2. The Labute approximate surface area is 109 Å². The van der Waals surface area contributed by atoms with Crippen LogP contribution < -0.4 is 11.1 Å². The molecule has 0 aromatic rings. The molecule has 1 aliphatic heterocycles. The molecule has 0 radical (unpaired) electrons. The van der Waals surface area contributed by atoms with Crippen molar-refractivity contribution in [2.75, 3.05) is 19.6 Å². The minimum absolute atomic E-state index is 0.0251. The Balaban J connectivity index is 2.66. The number of rotatable bonds is 6. The van der Waals surface area contributed by atoms with Crippen LogP contribution in [0.3, 0.4) is 0 Å². The zero-order valence-corrected chi connectivity index (χ0v) is 11.7. The number of carbonyl (C=O) groups is 2. The maximum absolute atomic E-state index is 12.3. The first-order valence-corrected chi connectivity index (χ1v) is 6.68. The molecule has 0 aromatic heterocycles. The summed E-state index contributed by atoms with van der Waals surface area (Å²) < 4.78 is 0. The van der Waals surface area contributed by atoms with E-state index in [2.05, 4.69) is 19.2 Å². The first kappa shape index (κ1) is 15.0. The second-order valence-corrected chi connectivity index (χ2v) is 5.79. The van der Waals surface area contributed by atoms with Crippen LogP contribution in [0, 0.1) is 5.41 Å². The van der Waals surface area contributed by atoms with Gasteiger partial charge in [-0.3, -0.25) is 9.59 Å². The van der Waals surface area contributed by atoms with Crippen molar-refractivity contribution in [1.82, 2.24) is 10.2 Å². The van der Waals surface area contributed by atoms with E-state index in [-0.39, 0.29) is 23.3 Å². The molecule has 1 atom stereocenters. The van der Waals surface area contributed by atoms with E-state index in [1.165, 1.54) is 0 Å². The summed E-state index contributed by atoms with van der Waals surface area (Å²) in [4.78, 5) is 25.4. The quantitative estimate of drug-likeness (QED) is 0.725. The van der Waals surface area contributed by atoms with Crippen LogP contribution in [0.2, 0.25) is 0 Å². The molecule has 0 aliphatic carbocycles. The van der Waals surface area contributed by atoms with Gasteiger partial charge in [0.15, 0.2) is 0 Å². The van der Waals surface area contributed by atoms with Crippen molar-refractivity contribution in [3.05, 3.63) is 0 Å². The standard InChI is InChI=1S/C13H25N3O2/c1-4-7-16(9-13(2,3)8-14)12(18)10-5-6-11(17)15-10/h10H,4-9,14H2,1-3H3,(H,15,17)/t10-/m1/s1. The molecule has 0 bridgehead atoms. The predicted octanol–water partition coefficient (Wildman–Crippen LogP) is 0.489. The van der Waals surface area contributed by atoms with Gasteiger partial charge in [-0.1, -0.05) is 20.8 Å². The molecule has 0 aromatic carbocycles. The monoisotopic (exact) mass is 255 g/mol. The second kappa shape index (κ2) is 6.18. The summed E-state index contributed by atoms with van der Waals surface area (Å²) in [7, 11) is 0. The van der Waals surface area contributed by atoms with Gasteiger partial charge in [-0.15, -0.1) is 0 Å². The van der Waals surface area contributed by atoms with Crippen LogP contribution in [-0.2, 0) is 9.59 Å². The highest BCUT2D eigenvalue weighted by molar-refractivity contribution is 5.90. The van der Waals surface area contributed by atoms with Crippen molar-refractivity contribution in [2.24, 2.45) is 11.1 Å². The molecule has 0 saturated carbocycles. The van der Waals surface area contributed by atoms with Gasteiger partial charge in [-0.2, -0.15) is 0 Å². The first-order chi connectivity index (χ1) is 8.39. The van der Waals surface area contributed by atoms with Gasteiger partial charge in [-0.25, -0.2) is 0 Å². The molecule has 1 fully saturated rings. The van der Waals surface area contributed by atoms with E-state index in [9.17, 15) is 9.59 Å². The molecule has 1 aliphatic rings. The van der Waals surface area contributed by atoms with Crippen molar-refractivity contribution in [1.29, 1.82) is 0 Å². The van der Waals surface area contributed by atoms with Crippen molar-refractivity contribution in [3.8, 4) is 0 Å². The molecule has 1 rings (SSSR count). The Hall–Kier alpha value is -1.10. The Morgan fingerprint density at radius 1 is 1.56 bits per heavy atom. The summed E-state index contributed by atoms with van der Waals surface area (Å²) in [6.45, 7) is 8.05. The lowest BCUT2D eigenvalue weighted by molar-refractivity contribution is -0.135. The van der Waals surface area contributed by atoms with Gasteiger partial charge in [0, 0.05) is 19.5 Å². The number of amides is 2. The summed E-state index contributed by atoms with van der Waals surface area (Å²) in [5, 5.41) is 2.73. The average Bonchev–Trinajstić information content (AvgIpc) is 2.74. The minimum Gasteiger partial charge on any atom is -0.344 e. The van der Waals surface area contributed by atoms with Crippen LogP contribution in [0.1, 0.15) is 40.0 Å². The Morgan fingerprint density at radius 3 is 2.67 bits per heavy atom. The van der Waals surface area contributed by atoms with Crippen LogP contribution in [0.25, 0.3) is 0 Å². The molecule has 1 heterocycles. The number of hydrogen-bond acceptors (Lipinski definition) is 3. The number of carbonyl (C=O) groups excluding carboxylic acids is 2. The summed E-state index contributed by atoms with van der Waals surface area (Å²) in [6.07, 6.45) is 1.98. The zero-order chi connectivity index (χ0) is 13.8. The minimum atomic E-state index is -0.336. The highest BCUT2D eigenvalue weighted by Crippen LogP contribution is 2.18. The Morgan fingerprint density at radius 2 is 2.22 bits per heavy atom. The predicted molar refractivity (Wildman–Crippen MR) is 70.9 cm³/mol. The highest BCUT2D eigenvalue weighted by Gasteiger charge is 2.32. The molecule has 0 unspecified atom stereocenters. The summed E-state index contributed by atoms with van der Waals surface area (Å²) in [5.74, 6) is 0.00658. The summed E-state index contributed by atoms with van der Waals surface area (Å²) in [6, 6.07) is -0.336. The topological polar surface area (TPSA) is 75.4 Å². The molecular formula is C13H25N3O2. The third kappa shape index (κ3) is 3.98. The number of nitrogens with one attached hydrogen (secondary N) is 1. The van der Waals surface area contributed by atoms with Gasteiger partial charge in [0.2, 0.25) is 11.8 Å². The molecule has 1 saturated heterocycles. The van der Waals surface area contributed by atoms with E-state index in [0.29, 0.717) is 32.5 Å². The molecule has 2 amide bonds. The van der Waals surface area contributed by atoms with E-state index < -0.39 is 0 Å². The maximum atomic E-state index is 12.3. The van der Waals surface area contributed by atoms with Crippen LogP contribution in [-0.4, -0.2) is 42.4 Å².